The minimum absolute atomic E-state index is 0.210. The van der Waals surface area contributed by atoms with Gasteiger partial charge in [-0.2, -0.15) is 4.98 Å². The fourth-order valence-electron chi connectivity index (χ4n) is 3.47. The smallest absolute Gasteiger partial charge is 0.229 e. The summed E-state index contributed by atoms with van der Waals surface area (Å²) in [6.07, 6.45) is 1.76. The van der Waals surface area contributed by atoms with Crippen LogP contribution in [0.3, 0.4) is 0 Å². The summed E-state index contributed by atoms with van der Waals surface area (Å²) in [4.78, 5) is 13.5. The number of nitrogens with one attached hydrogen (secondary N) is 1. The molecule has 1 aromatic heterocycles. The molecule has 1 N–H and O–H groups in total. The second-order valence-electron chi connectivity index (χ2n) is 7.02. The van der Waals surface area contributed by atoms with Crippen molar-refractivity contribution < 1.29 is 9.13 Å². The molecule has 0 amide bonds. The van der Waals surface area contributed by atoms with Crippen LogP contribution in [0.1, 0.15) is 5.56 Å². The standard InChI is InChI=1S/C22H24FN5O/c1-16-3-8-20(29-2)19(15-16)25-22-24-10-9-21(26-22)28-13-11-27(12-14-28)18-6-4-17(23)5-7-18/h3-10,15H,11-14H2,1-2H3,(H,24,25,26). The number of aromatic nitrogens is 2. The number of piperazine rings is 1. The third kappa shape index (κ3) is 4.39. The van der Waals surface area contributed by atoms with Crippen molar-refractivity contribution in [3.05, 3.63) is 66.1 Å². The molecule has 0 saturated carbocycles. The Morgan fingerprint density at radius 2 is 1.69 bits per heavy atom. The number of nitrogens with zero attached hydrogens (tertiary/aromatic N) is 4. The van der Waals surface area contributed by atoms with E-state index in [1.165, 1.54) is 12.1 Å². The average molecular weight is 393 g/mol. The van der Waals surface area contributed by atoms with Crippen molar-refractivity contribution >= 4 is 23.1 Å². The van der Waals surface area contributed by atoms with Crippen molar-refractivity contribution in [1.82, 2.24) is 9.97 Å². The Morgan fingerprint density at radius 1 is 0.966 bits per heavy atom. The lowest BCUT2D eigenvalue weighted by Gasteiger charge is -2.36. The first-order valence-corrected chi connectivity index (χ1v) is 9.62. The molecule has 0 atom stereocenters. The monoisotopic (exact) mass is 393 g/mol. The van der Waals surface area contributed by atoms with Crippen molar-refractivity contribution in [2.24, 2.45) is 0 Å². The third-order valence-electron chi connectivity index (χ3n) is 5.04. The average Bonchev–Trinajstić information content (AvgIpc) is 2.75. The number of benzene rings is 2. The largest absolute Gasteiger partial charge is 0.495 e. The molecule has 4 rings (SSSR count). The van der Waals surface area contributed by atoms with E-state index in [4.69, 9.17) is 4.74 Å². The lowest BCUT2D eigenvalue weighted by Crippen LogP contribution is -2.46. The predicted molar refractivity (Wildman–Crippen MR) is 114 cm³/mol. The Hall–Kier alpha value is -3.35. The van der Waals surface area contributed by atoms with Gasteiger partial charge in [-0.05, 0) is 55.0 Å². The maximum atomic E-state index is 13.1. The highest BCUT2D eigenvalue weighted by Crippen LogP contribution is 2.28. The van der Waals surface area contributed by atoms with E-state index >= 15 is 0 Å². The Balaban J connectivity index is 1.44. The van der Waals surface area contributed by atoms with Crippen LogP contribution in [0.2, 0.25) is 0 Å². The zero-order valence-corrected chi connectivity index (χ0v) is 16.6. The van der Waals surface area contributed by atoms with Crippen LogP contribution in [0, 0.1) is 12.7 Å². The van der Waals surface area contributed by atoms with Crippen LogP contribution < -0.4 is 19.9 Å². The Kier molecular flexibility index (Phi) is 5.46. The van der Waals surface area contributed by atoms with Gasteiger partial charge in [0, 0.05) is 38.1 Å². The molecule has 150 valence electrons. The van der Waals surface area contributed by atoms with Crippen molar-refractivity contribution in [3.63, 3.8) is 0 Å². The Labute approximate surface area is 170 Å². The van der Waals surface area contributed by atoms with Gasteiger partial charge in [0.15, 0.2) is 0 Å². The van der Waals surface area contributed by atoms with E-state index < -0.39 is 0 Å². The molecule has 1 aliphatic rings. The Morgan fingerprint density at radius 3 is 2.41 bits per heavy atom. The van der Waals surface area contributed by atoms with E-state index in [1.807, 2.05) is 43.3 Å². The molecule has 2 heterocycles. The van der Waals surface area contributed by atoms with Gasteiger partial charge in [-0.15, -0.1) is 0 Å². The van der Waals surface area contributed by atoms with E-state index in [0.29, 0.717) is 5.95 Å². The van der Waals surface area contributed by atoms with Gasteiger partial charge in [0.25, 0.3) is 0 Å². The first kappa shape index (κ1) is 19.0. The zero-order chi connectivity index (χ0) is 20.2. The molecule has 6 nitrogen and oxygen atoms in total. The summed E-state index contributed by atoms with van der Waals surface area (Å²) < 4.78 is 18.6. The molecule has 0 unspecified atom stereocenters. The van der Waals surface area contributed by atoms with Gasteiger partial charge < -0.3 is 19.9 Å². The van der Waals surface area contributed by atoms with Crippen LogP contribution in [0.5, 0.6) is 5.75 Å². The molecule has 1 aliphatic heterocycles. The van der Waals surface area contributed by atoms with Gasteiger partial charge in [-0.25, -0.2) is 9.37 Å². The molecule has 7 heteroatoms. The number of hydrogen-bond donors (Lipinski definition) is 1. The molecule has 0 spiro atoms. The Bertz CT molecular complexity index is 971. The second kappa shape index (κ2) is 8.34. The summed E-state index contributed by atoms with van der Waals surface area (Å²) in [5, 5.41) is 3.26. The minimum Gasteiger partial charge on any atom is -0.495 e. The van der Waals surface area contributed by atoms with Crippen molar-refractivity contribution in [2.75, 3.05) is 48.4 Å². The topological polar surface area (TPSA) is 53.5 Å². The van der Waals surface area contributed by atoms with E-state index in [1.54, 1.807) is 13.3 Å². The lowest BCUT2D eigenvalue weighted by atomic mass is 10.2. The van der Waals surface area contributed by atoms with E-state index in [9.17, 15) is 4.39 Å². The molecule has 0 bridgehead atoms. The van der Waals surface area contributed by atoms with Crippen LogP contribution in [0.15, 0.2) is 54.7 Å². The van der Waals surface area contributed by atoms with Gasteiger partial charge in [0.1, 0.15) is 17.4 Å². The van der Waals surface area contributed by atoms with Crippen molar-refractivity contribution in [2.45, 2.75) is 6.92 Å². The van der Waals surface area contributed by atoms with Gasteiger partial charge in [0.2, 0.25) is 5.95 Å². The first-order valence-electron chi connectivity index (χ1n) is 9.62. The summed E-state index contributed by atoms with van der Waals surface area (Å²) in [7, 11) is 1.65. The van der Waals surface area contributed by atoms with Crippen LogP contribution in [-0.4, -0.2) is 43.3 Å². The SMILES string of the molecule is COc1ccc(C)cc1Nc1nccc(N2CCN(c3ccc(F)cc3)CC2)n1. The van der Waals surface area contributed by atoms with Crippen LogP contribution in [0.4, 0.5) is 27.5 Å². The van der Waals surface area contributed by atoms with Crippen LogP contribution in [-0.2, 0) is 0 Å². The molecule has 2 aromatic carbocycles. The molecule has 1 saturated heterocycles. The molecule has 1 fully saturated rings. The maximum absolute atomic E-state index is 13.1. The third-order valence-corrected chi connectivity index (χ3v) is 5.04. The molecule has 0 radical (unpaired) electrons. The highest BCUT2D eigenvalue weighted by Gasteiger charge is 2.19. The summed E-state index contributed by atoms with van der Waals surface area (Å²) in [6, 6.07) is 14.5. The highest BCUT2D eigenvalue weighted by molar-refractivity contribution is 5.64. The number of rotatable bonds is 5. The number of aryl methyl sites for hydroxylation is 1. The minimum atomic E-state index is -0.210. The molecule has 3 aromatic rings. The number of methoxy groups -OCH3 is 1. The van der Waals surface area contributed by atoms with E-state index in [-0.39, 0.29) is 5.82 Å². The van der Waals surface area contributed by atoms with E-state index in [0.717, 1.165) is 54.7 Å². The predicted octanol–water partition coefficient (Wildman–Crippen LogP) is 4.00. The highest BCUT2D eigenvalue weighted by atomic mass is 19.1. The number of halogens is 1. The summed E-state index contributed by atoms with van der Waals surface area (Å²) >= 11 is 0. The van der Waals surface area contributed by atoms with E-state index in [2.05, 4.69) is 25.1 Å². The number of hydrogen-bond acceptors (Lipinski definition) is 6. The summed E-state index contributed by atoms with van der Waals surface area (Å²) in [6.45, 7) is 5.40. The summed E-state index contributed by atoms with van der Waals surface area (Å²) in [5.74, 6) is 1.95. The van der Waals surface area contributed by atoms with Gasteiger partial charge in [-0.1, -0.05) is 6.07 Å². The van der Waals surface area contributed by atoms with Gasteiger partial charge >= 0.3 is 0 Å². The fourth-order valence-corrected chi connectivity index (χ4v) is 3.47. The number of ether oxygens (including phenoxy) is 1. The molecule has 0 aliphatic carbocycles. The van der Waals surface area contributed by atoms with Crippen molar-refractivity contribution in [1.29, 1.82) is 0 Å². The zero-order valence-electron chi connectivity index (χ0n) is 16.6. The second-order valence-corrected chi connectivity index (χ2v) is 7.02. The van der Waals surface area contributed by atoms with Crippen LogP contribution in [0.25, 0.3) is 0 Å². The molecular weight excluding hydrogens is 369 g/mol. The van der Waals surface area contributed by atoms with Crippen LogP contribution >= 0.6 is 0 Å². The van der Waals surface area contributed by atoms with Gasteiger partial charge in [0.05, 0.1) is 12.8 Å². The fraction of sp³-hybridized carbons (Fsp3) is 0.273. The maximum Gasteiger partial charge on any atom is 0.229 e. The van der Waals surface area contributed by atoms with Crippen molar-refractivity contribution in [3.8, 4) is 5.75 Å². The molecule has 29 heavy (non-hydrogen) atoms. The first-order chi connectivity index (χ1) is 14.1. The number of anilines is 4. The summed E-state index contributed by atoms with van der Waals surface area (Å²) in [5.41, 5.74) is 3.01. The normalized spacial score (nSPS) is 14.0. The molecular formula is C22H24FN5O. The lowest BCUT2D eigenvalue weighted by molar-refractivity contribution is 0.416. The van der Waals surface area contributed by atoms with Gasteiger partial charge in [-0.3, -0.25) is 0 Å². The quantitative estimate of drug-likeness (QED) is 0.707.